The molecule has 0 aliphatic carbocycles. The summed E-state index contributed by atoms with van der Waals surface area (Å²) in [5.74, 6) is -1.22. The van der Waals surface area contributed by atoms with E-state index in [0.29, 0.717) is 0 Å². The molecule has 0 radical (unpaired) electrons. The highest BCUT2D eigenvalue weighted by atomic mass is 16.4. The first-order chi connectivity index (χ1) is 9.08. The summed E-state index contributed by atoms with van der Waals surface area (Å²) < 4.78 is 0. The van der Waals surface area contributed by atoms with Crippen molar-refractivity contribution in [2.45, 2.75) is 19.4 Å². The Morgan fingerprint density at radius 3 is 2.74 bits per heavy atom. The van der Waals surface area contributed by atoms with Crippen molar-refractivity contribution in [3.05, 3.63) is 42.1 Å². The molecule has 19 heavy (non-hydrogen) atoms. The van der Waals surface area contributed by atoms with E-state index >= 15 is 0 Å². The fourth-order valence-electron chi connectivity index (χ4n) is 2.08. The first-order valence-electron chi connectivity index (χ1n) is 5.90. The lowest BCUT2D eigenvalue weighted by Crippen LogP contribution is -2.28. The van der Waals surface area contributed by atoms with Gasteiger partial charge in [-0.3, -0.25) is 14.6 Å². The van der Waals surface area contributed by atoms with Crippen LogP contribution in [0.5, 0.6) is 0 Å². The second-order valence-corrected chi connectivity index (χ2v) is 4.27. The highest BCUT2D eigenvalue weighted by molar-refractivity contribution is 5.84. The molecule has 1 unspecified atom stereocenters. The Kier molecular flexibility index (Phi) is 3.75. The van der Waals surface area contributed by atoms with Gasteiger partial charge in [-0.25, -0.2) is 0 Å². The van der Waals surface area contributed by atoms with Crippen LogP contribution in [0, 0.1) is 0 Å². The summed E-state index contributed by atoms with van der Waals surface area (Å²) in [6, 6.07) is 8.64. The van der Waals surface area contributed by atoms with Gasteiger partial charge in [0.15, 0.2) is 0 Å². The second kappa shape index (κ2) is 5.48. The number of nitrogens with zero attached hydrogens (tertiary/aromatic N) is 1. The lowest BCUT2D eigenvalue weighted by molar-refractivity contribution is -0.137. The van der Waals surface area contributed by atoms with E-state index < -0.39 is 12.0 Å². The topological polar surface area (TPSA) is 79.3 Å². The van der Waals surface area contributed by atoms with E-state index in [0.717, 1.165) is 16.5 Å². The van der Waals surface area contributed by atoms with Gasteiger partial charge in [-0.05, 0) is 17.7 Å². The zero-order valence-electron chi connectivity index (χ0n) is 10.5. The maximum absolute atomic E-state index is 11.2. The van der Waals surface area contributed by atoms with Crippen LogP contribution in [0.3, 0.4) is 0 Å². The third-order valence-electron chi connectivity index (χ3n) is 2.81. The van der Waals surface area contributed by atoms with Gasteiger partial charge in [0.1, 0.15) is 0 Å². The molecule has 0 saturated carbocycles. The molecule has 0 aliphatic rings. The molecular weight excluding hydrogens is 244 g/mol. The van der Waals surface area contributed by atoms with Gasteiger partial charge in [0.2, 0.25) is 5.91 Å². The van der Waals surface area contributed by atoms with Gasteiger partial charge in [-0.1, -0.05) is 18.2 Å². The van der Waals surface area contributed by atoms with E-state index in [1.807, 2.05) is 24.3 Å². The summed E-state index contributed by atoms with van der Waals surface area (Å²) in [5.41, 5.74) is 1.55. The van der Waals surface area contributed by atoms with Crippen molar-refractivity contribution in [3.63, 3.8) is 0 Å². The number of pyridine rings is 1. The molecule has 1 atom stereocenters. The van der Waals surface area contributed by atoms with E-state index in [9.17, 15) is 9.59 Å². The van der Waals surface area contributed by atoms with Gasteiger partial charge < -0.3 is 10.4 Å². The second-order valence-electron chi connectivity index (χ2n) is 4.27. The Morgan fingerprint density at radius 2 is 2.05 bits per heavy atom. The van der Waals surface area contributed by atoms with Gasteiger partial charge >= 0.3 is 5.97 Å². The summed E-state index contributed by atoms with van der Waals surface area (Å²) >= 11 is 0. The number of carbonyl (C=O) groups is 2. The smallest absolute Gasteiger partial charge is 0.305 e. The monoisotopic (exact) mass is 258 g/mol. The van der Waals surface area contributed by atoms with Crippen LogP contribution in [-0.4, -0.2) is 22.0 Å². The summed E-state index contributed by atoms with van der Waals surface area (Å²) in [6.45, 7) is 1.37. The molecule has 98 valence electrons. The molecule has 0 aliphatic heterocycles. The number of aliphatic carboxylic acids is 1. The first-order valence-corrected chi connectivity index (χ1v) is 5.90. The van der Waals surface area contributed by atoms with Crippen LogP contribution in [0.1, 0.15) is 24.9 Å². The number of rotatable bonds is 4. The highest BCUT2D eigenvalue weighted by Crippen LogP contribution is 2.24. The predicted octanol–water partition coefficient (Wildman–Crippen LogP) is 1.89. The number of carbonyl (C=O) groups excluding carboxylic acids is 1. The zero-order chi connectivity index (χ0) is 13.8. The number of amides is 1. The molecule has 2 N–H and O–H groups in total. The number of carboxylic acids is 1. The van der Waals surface area contributed by atoms with Crippen molar-refractivity contribution in [3.8, 4) is 0 Å². The number of fused-ring (bicyclic) bond motifs is 1. The standard InChI is InChI=1S/C14H14N2O3/c1-9(17)16-13(8-14(18)19)11-6-7-15-12-5-3-2-4-10(11)12/h2-7,13H,8H2,1H3,(H,16,17)(H,18,19). The quantitative estimate of drug-likeness (QED) is 0.877. The Labute approximate surface area is 110 Å². The van der Waals surface area contributed by atoms with Gasteiger partial charge in [-0.15, -0.1) is 0 Å². The van der Waals surface area contributed by atoms with Crippen LogP contribution in [0.15, 0.2) is 36.5 Å². The van der Waals surface area contributed by atoms with Crippen LogP contribution in [0.2, 0.25) is 0 Å². The number of hydrogen-bond acceptors (Lipinski definition) is 3. The van der Waals surface area contributed by atoms with Crippen LogP contribution in [0.25, 0.3) is 10.9 Å². The van der Waals surface area contributed by atoms with Crippen molar-refractivity contribution in [2.75, 3.05) is 0 Å². The molecule has 0 saturated heterocycles. The lowest BCUT2D eigenvalue weighted by atomic mass is 9.99. The Balaban J connectivity index is 2.48. The van der Waals surface area contributed by atoms with Crippen molar-refractivity contribution in [1.29, 1.82) is 0 Å². The zero-order valence-corrected chi connectivity index (χ0v) is 10.5. The number of benzene rings is 1. The average molecular weight is 258 g/mol. The van der Waals surface area contributed by atoms with Gasteiger partial charge in [0, 0.05) is 18.5 Å². The number of para-hydroxylation sites is 1. The van der Waals surface area contributed by atoms with E-state index in [4.69, 9.17) is 5.11 Å². The Bertz CT molecular complexity index is 604. The summed E-state index contributed by atoms with van der Waals surface area (Å²) in [5, 5.41) is 12.5. The fourth-order valence-corrected chi connectivity index (χ4v) is 2.08. The molecule has 1 amide bonds. The largest absolute Gasteiger partial charge is 0.481 e. The number of aromatic nitrogens is 1. The molecular formula is C14H14N2O3. The molecule has 1 aromatic carbocycles. The van der Waals surface area contributed by atoms with Crippen molar-refractivity contribution in [1.82, 2.24) is 10.3 Å². The molecule has 2 rings (SSSR count). The predicted molar refractivity (Wildman–Crippen MR) is 70.6 cm³/mol. The lowest BCUT2D eigenvalue weighted by Gasteiger charge is -2.18. The third-order valence-corrected chi connectivity index (χ3v) is 2.81. The fraction of sp³-hybridized carbons (Fsp3) is 0.214. The highest BCUT2D eigenvalue weighted by Gasteiger charge is 2.18. The number of nitrogens with one attached hydrogen (secondary N) is 1. The van der Waals surface area contributed by atoms with E-state index in [2.05, 4.69) is 10.3 Å². The van der Waals surface area contributed by atoms with Crippen molar-refractivity contribution in [2.24, 2.45) is 0 Å². The normalized spacial score (nSPS) is 12.1. The molecule has 0 spiro atoms. The van der Waals surface area contributed by atoms with Crippen LogP contribution in [0.4, 0.5) is 0 Å². The van der Waals surface area contributed by atoms with E-state index in [1.165, 1.54) is 6.92 Å². The maximum atomic E-state index is 11.2. The Hall–Kier alpha value is -2.43. The summed E-state index contributed by atoms with van der Waals surface area (Å²) in [7, 11) is 0. The minimum atomic E-state index is -0.959. The maximum Gasteiger partial charge on any atom is 0.305 e. The van der Waals surface area contributed by atoms with E-state index in [-0.39, 0.29) is 12.3 Å². The van der Waals surface area contributed by atoms with Crippen molar-refractivity contribution >= 4 is 22.8 Å². The molecule has 5 nitrogen and oxygen atoms in total. The molecule has 0 bridgehead atoms. The molecule has 1 heterocycles. The molecule has 0 fully saturated rings. The van der Waals surface area contributed by atoms with Gasteiger partial charge in [0.25, 0.3) is 0 Å². The van der Waals surface area contributed by atoms with Gasteiger partial charge in [0.05, 0.1) is 18.0 Å². The molecule has 1 aromatic heterocycles. The van der Waals surface area contributed by atoms with Gasteiger partial charge in [-0.2, -0.15) is 0 Å². The molecule has 5 heteroatoms. The molecule has 2 aromatic rings. The van der Waals surface area contributed by atoms with Crippen LogP contribution in [-0.2, 0) is 9.59 Å². The Morgan fingerprint density at radius 1 is 1.32 bits per heavy atom. The number of carboxylic acid groups (broad SMARTS) is 1. The van der Waals surface area contributed by atoms with Crippen molar-refractivity contribution < 1.29 is 14.7 Å². The van der Waals surface area contributed by atoms with Crippen LogP contribution < -0.4 is 5.32 Å². The minimum Gasteiger partial charge on any atom is -0.481 e. The average Bonchev–Trinajstić information content (AvgIpc) is 2.36. The minimum absolute atomic E-state index is 0.159. The SMILES string of the molecule is CC(=O)NC(CC(=O)O)c1ccnc2ccccc12. The summed E-state index contributed by atoms with van der Waals surface area (Å²) in [6.07, 6.45) is 1.46. The van der Waals surface area contributed by atoms with Crippen LogP contribution >= 0.6 is 0 Å². The number of hydrogen-bond donors (Lipinski definition) is 2. The third kappa shape index (κ3) is 3.07. The first kappa shape index (κ1) is 13.0. The van der Waals surface area contributed by atoms with E-state index in [1.54, 1.807) is 12.3 Å². The summed E-state index contributed by atoms with van der Waals surface area (Å²) in [4.78, 5) is 26.4.